The molecule has 4 rings (SSSR count). The number of imide groups is 1. The third-order valence-corrected chi connectivity index (χ3v) is 19.5. The van der Waals surface area contributed by atoms with Crippen LogP contribution in [0.15, 0.2) is 24.3 Å². The summed E-state index contributed by atoms with van der Waals surface area (Å²) in [7, 11) is 6.56. The van der Waals surface area contributed by atoms with Gasteiger partial charge in [0.2, 0.25) is 47.3 Å². The van der Waals surface area contributed by atoms with Gasteiger partial charge < -0.3 is 29.9 Å². The van der Waals surface area contributed by atoms with E-state index in [2.05, 4.69) is 40.5 Å². The Kier molecular flexibility index (Phi) is 30.0. The van der Waals surface area contributed by atoms with Gasteiger partial charge in [-0.1, -0.05) is 127 Å². The Morgan fingerprint density at radius 3 is 2.09 bits per heavy atom. The summed E-state index contributed by atoms with van der Waals surface area (Å²) >= 11 is 0. The molecule has 88 heavy (non-hydrogen) atoms. The highest BCUT2D eigenvalue weighted by Crippen LogP contribution is 2.42. The Morgan fingerprint density at radius 1 is 0.818 bits per heavy atom. The lowest BCUT2D eigenvalue weighted by molar-refractivity contribution is -0.199. The minimum Gasteiger partial charge on any atom is -0.379 e. The van der Waals surface area contributed by atoms with Gasteiger partial charge in [-0.3, -0.25) is 68.6 Å². The number of carbonyl (C=O) groups excluding carboxylic acids is 9. The molecule has 3 heterocycles. The minimum absolute atomic E-state index is 0.0393. The van der Waals surface area contributed by atoms with Crippen molar-refractivity contribution in [2.75, 3.05) is 61.1 Å². The third-order valence-electron chi connectivity index (χ3n) is 19.5. The second-order valence-electron chi connectivity index (χ2n) is 26.9. The molecule has 0 aromatic heterocycles. The number of methoxy groups -OCH3 is 2. The highest BCUT2D eigenvalue weighted by atomic mass is 16.7. The summed E-state index contributed by atoms with van der Waals surface area (Å²) in [5.41, 5.74) is 5.83. The van der Waals surface area contributed by atoms with Crippen LogP contribution in [0.25, 0.3) is 0 Å². The maximum atomic E-state index is 14.9. The first-order valence-corrected chi connectivity index (χ1v) is 32.9. The van der Waals surface area contributed by atoms with Gasteiger partial charge in [0.25, 0.3) is 5.91 Å². The van der Waals surface area contributed by atoms with Crippen LogP contribution in [0.5, 0.6) is 0 Å². The van der Waals surface area contributed by atoms with Gasteiger partial charge in [0.1, 0.15) is 12.1 Å². The first-order valence-electron chi connectivity index (χ1n) is 32.9. The fraction of sp³-hybridized carbons (Fsp3) is 0.776. The van der Waals surface area contributed by atoms with E-state index in [0.29, 0.717) is 51.9 Å². The van der Waals surface area contributed by atoms with E-state index >= 15 is 0 Å². The zero-order chi connectivity index (χ0) is 65.8. The van der Waals surface area contributed by atoms with E-state index in [1.54, 1.807) is 44.7 Å². The van der Waals surface area contributed by atoms with Crippen LogP contribution in [-0.2, 0) is 70.3 Å². The summed E-state index contributed by atoms with van der Waals surface area (Å²) in [6, 6.07) is 4.61. The Labute approximate surface area is 526 Å². The number of hydrogen-bond donors (Lipinski definition) is 4. The van der Waals surface area contributed by atoms with Crippen LogP contribution in [0.4, 0.5) is 0 Å². The highest BCUT2D eigenvalue weighted by molar-refractivity contribution is 6.04. The predicted octanol–water partition coefficient (Wildman–Crippen LogP) is 7.17. The Hall–Kier alpha value is -5.51. The number of benzene rings is 1. The fourth-order valence-corrected chi connectivity index (χ4v) is 13.0. The van der Waals surface area contributed by atoms with E-state index in [9.17, 15) is 43.2 Å². The zero-order valence-electron chi connectivity index (χ0n) is 56.7. The van der Waals surface area contributed by atoms with E-state index in [1.165, 1.54) is 29.7 Å². The molecule has 10 atom stereocenters. The second-order valence-corrected chi connectivity index (χ2v) is 26.9. The molecule has 3 aliphatic heterocycles. The van der Waals surface area contributed by atoms with E-state index in [-0.39, 0.29) is 109 Å². The van der Waals surface area contributed by atoms with Crippen molar-refractivity contribution in [3.63, 3.8) is 0 Å². The molecular formula is C67H113N9O12. The van der Waals surface area contributed by atoms with Crippen molar-refractivity contribution in [2.45, 2.75) is 235 Å². The number of unbranched alkanes of at least 4 members (excludes halogenated alkanes) is 1. The van der Waals surface area contributed by atoms with Gasteiger partial charge >= 0.3 is 0 Å². The lowest BCUT2D eigenvalue weighted by Gasteiger charge is -2.41. The van der Waals surface area contributed by atoms with Gasteiger partial charge in [-0.25, -0.2) is 5.06 Å². The summed E-state index contributed by atoms with van der Waals surface area (Å²) in [4.78, 5) is 137. The van der Waals surface area contributed by atoms with Crippen molar-refractivity contribution in [3.8, 4) is 0 Å². The smallest absolute Gasteiger partial charge is 0.269 e. The number of likely N-dealkylation sites (tertiary alicyclic amines) is 2. The zero-order valence-corrected chi connectivity index (χ0v) is 56.7. The lowest BCUT2D eigenvalue weighted by atomic mass is 9.72. The van der Waals surface area contributed by atoms with E-state index in [0.717, 1.165) is 50.5 Å². The summed E-state index contributed by atoms with van der Waals surface area (Å²) < 4.78 is 12.3. The van der Waals surface area contributed by atoms with Crippen molar-refractivity contribution in [3.05, 3.63) is 35.4 Å². The molecule has 3 fully saturated rings. The number of likely N-dealkylation sites (N-methyl/N-ethyl adjacent to an activating group) is 2. The number of hydroxylamine groups is 2. The van der Waals surface area contributed by atoms with Crippen molar-refractivity contribution in [1.29, 1.82) is 0 Å². The number of nitrogens with one attached hydrogen (secondary N) is 4. The Morgan fingerprint density at radius 2 is 1.50 bits per heavy atom. The van der Waals surface area contributed by atoms with E-state index in [1.807, 2.05) is 79.3 Å². The molecule has 1 aromatic rings. The van der Waals surface area contributed by atoms with Gasteiger partial charge in [-0.2, -0.15) is 0 Å². The lowest BCUT2D eigenvalue weighted by Crippen LogP contribution is -2.60. The quantitative estimate of drug-likeness (QED) is 0.0389. The SMILES string of the molecule is CCCCc1cccc(C[C@H](NC(=O)[C@H](C)[C@@H](OC)[C@@H]2CCCN2C(=O)C[C@@H](OC)C([C@@H](C)CC)N(C)C(=O)[C@@H](NC(=O)[C@H](C(C)C)N(C)CCCC(=O)NNC(=O)C(C)(C)CCN2C(=O)CC(C(C)(CC)CC)C2=O)C(C)C)C(=O)N2CCCCO2)c1. The predicted molar refractivity (Wildman–Crippen MR) is 339 cm³/mol. The summed E-state index contributed by atoms with van der Waals surface area (Å²) in [6.07, 6.45) is 7.68. The van der Waals surface area contributed by atoms with Gasteiger partial charge in [-0.05, 0) is 112 Å². The van der Waals surface area contributed by atoms with Crippen LogP contribution in [0.3, 0.4) is 0 Å². The molecule has 3 saturated heterocycles. The number of ether oxygens (including phenoxy) is 2. The molecule has 1 aromatic carbocycles. The third kappa shape index (κ3) is 20.0. The molecule has 0 aliphatic carbocycles. The van der Waals surface area contributed by atoms with E-state index in [4.69, 9.17) is 14.3 Å². The molecule has 498 valence electrons. The highest BCUT2D eigenvalue weighted by Gasteiger charge is 2.48. The normalized spacial score (nSPS) is 19.5. The molecule has 4 N–H and O–H groups in total. The first-order chi connectivity index (χ1) is 41.6. The second kappa shape index (κ2) is 35.2. The average Bonchev–Trinajstić information content (AvgIpc) is 4.28. The number of hydrazine groups is 1. The maximum Gasteiger partial charge on any atom is 0.269 e. The van der Waals surface area contributed by atoms with Crippen LogP contribution in [0.1, 0.15) is 191 Å². The molecule has 3 aliphatic rings. The van der Waals surface area contributed by atoms with Crippen LogP contribution >= 0.6 is 0 Å². The monoisotopic (exact) mass is 1240 g/mol. The molecule has 0 bridgehead atoms. The molecule has 21 heteroatoms. The van der Waals surface area contributed by atoms with Crippen molar-refractivity contribution >= 4 is 53.2 Å². The van der Waals surface area contributed by atoms with Gasteiger partial charge in [0.05, 0.1) is 55.2 Å². The van der Waals surface area contributed by atoms with Crippen molar-refractivity contribution in [2.24, 2.45) is 40.4 Å². The van der Waals surface area contributed by atoms with Crippen molar-refractivity contribution < 1.29 is 57.5 Å². The largest absolute Gasteiger partial charge is 0.379 e. The topological polar surface area (TPSA) is 246 Å². The number of aryl methyl sites for hydroxylation is 1. The molecule has 0 radical (unpaired) electrons. The van der Waals surface area contributed by atoms with Crippen LogP contribution in [0.2, 0.25) is 0 Å². The summed E-state index contributed by atoms with van der Waals surface area (Å²) in [5, 5.41) is 7.52. The maximum absolute atomic E-state index is 14.9. The number of amides is 9. The fourth-order valence-electron chi connectivity index (χ4n) is 13.0. The molecule has 0 saturated carbocycles. The molecule has 21 nitrogen and oxygen atoms in total. The molecule has 9 amide bonds. The van der Waals surface area contributed by atoms with Gasteiger partial charge in [0.15, 0.2) is 0 Å². The van der Waals surface area contributed by atoms with Crippen LogP contribution in [-0.4, -0.2) is 181 Å². The van der Waals surface area contributed by atoms with Crippen molar-refractivity contribution in [1.82, 2.24) is 46.1 Å². The average molecular weight is 1240 g/mol. The summed E-state index contributed by atoms with van der Waals surface area (Å²) in [5.74, 6) is -4.67. The van der Waals surface area contributed by atoms with E-state index < -0.39 is 65.6 Å². The Bertz CT molecular complexity index is 2480. The molecule has 2 unspecified atom stereocenters. The van der Waals surface area contributed by atoms with Gasteiger partial charge in [-0.15, -0.1) is 0 Å². The number of hydrogen-bond acceptors (Lipinski definition) is 13. The Balaban J connectivity index is 1.38. The summed E-state index contributed by atoms with van der Waals surface area (Å²) in [6.45, 7) is 26.7. The minimum atomic E-state index is -1.01. The number of nitrogens with zero attached hydrogens (tertiary/aromatic N) is 5. The standard InChI is InChI=1S/C67H113N9O12/c1-18-22-28-47-29-25-30-48(39-47)40-50(63(83)76-36-23-24-38-88-76)68-60(80)46(10)59(87-17)51-31-26-35-74(51)55(79)42-52(86-16)58(45(9)19-2)73(15)64(84)56(43(5)6)69-61(81)57(44(7)8)72(14)34-27-32-53(77)70-71-65(85)66(11,12)33-37-75-54(78)41-49(62(75)82)67(13,20-3)21-4/h25,29-30,39,43-46,49-52,56-59H,18-24,26-28,31-38,40-42H2,1-17H3,(H,68,80)(H,69,81)(H,70,77)(H,71,85)/t45-,46+,49?,50-,51-,52+,56-,57-,58?,59+/m0/s1. The first kappa shape index (κ1) is 75.0. The number of rotatable bonds is 35. The van der Waals surface area contributed by atoms with Crippen LogP contribution in [0, 0.1) is 40.4 Å². The van der Waals surface area contributed by atoms with Crippen LogP contribution < -0.4 is 21.5 Å². The van der Waals surface area contributed by atoms with Gasteiger partial charge in [0, 0.05) is 65.6 Å². The molecular weight excluding hydrogens is 1120 g/mol. The molecule has 0 spiro atoms. The number of carbonyl (C=O) groups is 9.